The predicted octanol–water partition coefficient (Wildman–Crippen LogP) is 3.67. The molecule has 1 aliphatic heterocycles. The third-order valence-corrected chi connectivity index (χ3v) is 5.27. The third-order valence-electron chi connectivity index (χ3n) is 4.37. The van der Waals surface area contributed by atoms with Gasteiger partial charge in [0.15, 0.2) is 11.5 Å². The number of amides is 3. The first-order valence-corrected chi connectivity index (χ1v) is 9.89. The Morgan fingerprint density at radius 1 is 1.06 bits per heavy atom. The Morgan fingerprint density at radius 2 is 1.72 bits per heavy atom. The summed E-state index contributed by atoms with van der Waals surface area (Å²) in [4.78, 5) is 38.0. The second-order valence-corrected chi connectivity index (χ2v) is 7.39. The SMILES string of the molecule is COc1cc(/C=C2/SC(=O)N(CC(=O)Nc3ccc(F)cc3F)C2=O)cc(OC)c1OC. The number of halogens is 2. The largest absolute Gasteiger partial charge is 0.493 e. The molecule has 0 saturated carbocycles. The number of imide groups is 1. The van der Waals surface area contributed by atoms with E-state index in [4.69, 9.17) is 14.2 Å². The van der Waals surface area contributed by atoms with Gasteiger partial charge in [-0.3, -0.25) is 19.3 Å². The summed E-state index contributed by atoms with van der Waals surface area (Å²) in [7, 11) is 4.34. The molecule has 11 heteroatoms. The summed E-state index contributed by atoms with van der Waals surface area (Å²) < 4.78 is 42.5. The molecule has 0 atom stereocenters. The Bertz CT molecular complexity index is 1100. The molecule has 0 unspecified atom stereocenters. The fraction of sp³-hybridized carbons (Fsp3) is 0.190. The highest BCUT2D eigenvalue weighted by molar-refractivity contribution is 8.18. The summed E-state index contributed by atoms with van der Waals surface area (Å²) in [5.74, 6) is -2.20. The van der Waals surface area contributed by atoms with E-state index in [1.54, 1.807) is 12.1 Å². The monoisotopic (exact) mass is 464 g/mol. The molecule has 0 radical (unpaired) electrons. The first-order chi connectivity index (χ1) is 15.3. The maximum atomic E-state index is 13.7. The van der Waals surface area contributed by atoms with Crippen molar-refractivity contribution in [2.75, 3.05) is 33.2 Å². The van der Waals surface area contributed by atoms with Crippen molar-refractivity contribution in [3.05, 3.63) is 52.4 Å². The standard InChI is InChI=1S/C21H18F2N2O6S/c1-29-15-6-11(7-16(30-2)19(15)31-3)8-17-20(27)25(21(28)32-17)10-18(26)24-14-5-4-12(22)9-13(14)23/h4-9H,10H2,1-3H3,(H,24,26)/b17-8+. The number of carbonyl (C=O) groups is 3. The number of benzene rings is 2. The van der Waals surface area contributed by atoms with Gasteiger partial charge in [-0.2, -0.15) is 0 Å². The lowest BCUT2D eigenvalue weighted by molar-refractivity contribution is -0.127. The molecule has 8 nitrogen and oxygen atoms in total. The number of rotatable bonds is 7. The Morgan fingerprint density at radius 3 is 2.28 bits per heavy atom. The molecule has 0 aromatic heterocycles. The molecule has 32 heavy (non-hydrogen) atoms. The number of ether oxygens (including phenoxy) is 3. The molecule has 1 fully saturated rings. The van der Waals surface area contributed by atoms with Crippen molar-refractivity contribution >= 4 is 40.6 Å². The Balaban J connectivity index is 1.78. The van der Waals surface area contributed by atoms with Crippen LogP contribution in [0, 0.1) is 11.6 Å². The second kappa shape index (κ2) is 9.69. The van der Waals surface area contributed by atoms with E-state index in [0.717, 1.165) is 17.0 Å². The van der Waals surface area contributed by atoms with Crippen molar-refractivity contribution in [1.82, 2.24) is 4.90 Å². The van der Waals surface area contributed by atoms with Gasteiger partial charge in [0.05, 0.1) is 31.9 Å². The summed E-state index contributed by atoms with van der Waals surface area (Å²) >= 11 is 0.649. The summed E-state index contributed by atoms with van der Waals surface area (Å²) in [6.07, 6.45) is 1.45. The Hall–Kier alpha value is -3.60. The first-order valence-electron chi connectivity index (χ1n) is 9.07. The third kappa shape index (κ3) is 4.83. The maximum Gasteiger partial charge on any atom is 0.294 e. The minimum Gasteiger partial charge on any atom is -0.493 e. The molecule has 2 aromatic rings. The minimum absolute atomic E-state index is 0.0741. The van der Waals surface area contributed by atoms with Gasteiger partial charge < -0.3 is 19.5 Å². The summed E-state index contributed by atoms with van der Waals surface area (Å²) in [6.45, 7) is -0.631. The highest BCUT2D eigenvalue weighted by Crippen LogP contribution is 2.40. The van der Waals surface area contributed by atoms with Crippen molar-refractivity contribution in [2.45, 2.75) is 0 Å². The zero-order valence-corrected chi connectivity index (χ0v) is 18.0. The number of carbonyl (C=O) groups excluding carboxylic acids is 3. The number of nitrogens with one attached hydrogen (secondary N) is 1. The van der Waals surface area contributed by atoms with Crippen molar-refractivity contribution < 1.29 is 37.4 Å². The summed E-state index contributed by atoms with van der Waals surface area (Å²) in [6, 6.07) is 5.81. The van der Waals surface area contributed by atoms with Gasteiger partial charge in [-0.1, -0.05) is 0 Å². The smallest absolute Gasteiger partial charge is 0.294 e. The van der Waals surface area contributed by atoms with Crippen molar-refractivity contribution in [2.24, 2.45) is 0 Å². The van der Waals surface area contributed by atoms with Crippen LogP contribution in [0.1, 0.15) is 5.56 Å². The van der Waals surface area contributed by atoms with Crippen LogP contribution in [0.25, 0.3) is 6.08 Å². The van der Waals surface area contributed by atoms with E-state index < -0.39 is 35.2 Å². The molecule has 1 N–H and O–H groups in total. The number of hydrogen-bond acceptors (Lipinski definition) is 7. The Labute approximate surface area is 186 Å². The van der Waals surface area contributed by atoms with Crippen molar-refractivity contribution in [3.63, 3.8) is 0 Å². The molecule has 1 aliphatic rings. The fourth-order valence-electron chi connectivity index (χ4n) is 2.90. The van der Waals surface area contributed by atoms with Crippen LogP contribution >= 0.6 is 11.8 Å². The van der Waals surface area contributed by atoms with Crippen LogP contribution in [0.5, 0.6) is 17.2 Å². The molecule has 3 rings (SSSR count). The van der Waals surface area contributed by atoms with Gasteiger partial charge in [0.2, 0.25) is 11.7 Å². The number of methoxy groups -OCH3 is 3. The molecule has 1 saturated heterocycles. The van der Waals surface area contributed by atoms with Crippen LogP contribution < -0.4 is 19.5 Å². The maximum absolute atomic E-state index is 13.7. The van der Waals surface area contributed by atoms with Gasteiger partial charge in [0.25, 0.3) is 11.1 Å². The summed E-state index contributed by atoms with van der Waals surface area (Å²) in [5, 5.41) is 1.55. The molecule has 168 valence electrons. The van der Waals surface area contributed by atoms with E-state index in [1.807, 2.05) is 0 Å². The average molecular weight is 464 g/mol. The van der Waals surface area contributed by atoms with E-state index in [9.17, 15) is 23.2 Å². The highest BCUT2D eigenvalue weighted by Gasteiger charge is 2.36. The number of thioether (sulfide) groups is 1. The predicted molar refractivity (Wildman–Crippen MR) is 114 cm³/mol. The quantitative estimate of drug-likeness (QED) is 0.625. The number of hydrogen-bond donors (Lipinski definition) is 1. The van der Waals surface area contributed by atoms with Crippen LogP contribution in [0.3, 0.4) is 0 Å². The van der Waals surface area contributed by atoms with Gasteiger partial charge in [-0.05, 0) is 47.7 Å². The molecule has 3 amide bonds. The van der Waals surface area contributed by atoms with Crippen LogP contribution in [0.4, 0.5) is 19.3 Å². The van der Waals surface area contributed by atoms with Gasteiger partial charge in [-0.15, -0.1) is 0 Å². The molecule has 2 aromatic carbocycles. The fourth-order valence-corrected chi connectivity index (χ4v) is 3.73. The van der Waals surface area contributed by atoms with Gasteiger partial charge in [0, 0.05) is 6.07 Å². The second-order valence-electron chi connectivity index (χ2n) is 6.40. The van der Waals surface area contributed by atoms with E-state index >= 15 is 0 Å². The number of nitrogens with zero attached hydrogens (tertiary/aromatic N) is 1. The lowest BCUT2D eigenvalue weighted by Crippen LogP contribution is -2.36. The normalized spacial score (nSPS) is 14.7. The average Bonchev–Trinajstić information content (AvgIpc) is 3.02. The van der Waals surface area contributed by atoms with E-state index in [-0.39, 0.29) is 10.6 Å². The van der Waals surface area contributed by atoms with Crippen LogP contribution in [-0.2, 0) is 9.59 Å². The van der Waals surface area contributed by atoms with Crippen LogP contribution in [-0.4, -0.2) is 49.8 Å². The molecule has 0 spiro atoms. The molecular weight excluding hydrogens is 446 g/mol. The van der Waals surface area contributed by atoms with E-state index in [0.29, 0.717) is 40.6 Å². The Kier molecular flexibility index (Phi) is 6.98. The van der Waals surface area contributed by atoms with Gasteiger partial charge >= 0.3 is 0 Å². The highest BCUT2D eigenvalue weighted by atomic mass is 32.2. The molecule has 1 heterocycles. The lowest BCUT2D eigenvalue weighted by atomic mass is 10.1. The molecule has 0 aliphatic carbocycles. The zero-order chi connectivity index (χ0) is 23.4. The van der Waals surface area contributed by atoms with Crippen molar-refractivity contribution in [1.29, 1.82) is 0 Å². The summed E-state index contributed by atoms with van der Waals surface area (Å²) in [5.41, 5.74) is 0.235. The zero-order valence-electron chi connectivity index (χ0n) is 17.2. The molecule has 0 bridgehead atoms. The molecular formula is C21H18F2N2O6S. The van der Waals surface area contributed by atoms with Crippen LogP contribution in [0.2, 0.25) is 0 Å². The van der Waals surface area contributed by atoms with Crippen molar-refractivity contribution in [3.8, 4) is 17.2 Å². The van der Waals surface area contributed by atoms with Crippen LogP contribution in [0.15, 0.2) is 35.2 Å². The number of anilines is 1. The topological polar surface area (TPSA) is 94.2 Å². The van der Waals surface area contributed by atoms with E-state index in [2.05, 4.69) is 5.32 Å². The van der Waals surface area contributed by atoms with Gasteiger partial charge in [0.1, 0.15) is 18.2 Å². The van der Waals surface area contributed by atoms with Gasteiger partial charge in [-0.25, -0.2) is 8.78 Å². The van der Waals surface area contributed by atoms with E-state index in [1.165, 1.54) is 27.4 Å². The minimum atomic E-state index is -0.977. The first kappa shape index (κ1) is 23.1. The lowest BCUT2D eigenvalue weighted by Gasteiger charge is -2.13.